The highest BCUT2D eigenvalue weighted by Gasteiger charge is 2.32. The van der Waals surface area contributed by atoms with E-state index in [0.29, 0.717) is 18.6 Å². The van der Waals surface area contributed by atoms with Gasteiger partial charge in [0, 0.05) is 24.3 Å². The van der Waals surface area contributed by atoms with E-state index in [0.717, 1.165) is 11.3 Å². The third-order valence-electron chi connectivity index (χ3n) is 5.42. The minimum atomic E-state index is -0.474. The van der Waals surface area contributed by atoms with Crippen LogP contribution >= 0.6 is 0 Å². The van der Waals surface area contributed by atoms with Crippen molar-refractivity contribution in [3.63, 3.8) is 0 Å². The van der Waals surface area contributed by atoms with Gasteiger partial charge in [0.2, 0.25) is 5.91 Å². The molecule has 0 aliphatic carbocycles. The summed E-state index contributed by atoms with van der Waals surface area (Å²) >= 11 is 0. The Balaban J connectivity index is 2.21. The first-order chi connectivity index (χ1) is 14.9. The van der Waals surface area contributed by atoms with Crippen molar-refractivity contribution in [1.29, 1.82) is 0 Å². The lowest BCUT2D eigenvalue weighted by Gasteiger charge is -2.37. The molecule has 0 fully saturated rings. The summed E-state index contributed by atoms with van der Waals surface area (Å²) in [5.74, 6) is 0.627. The van der Waals surface area contributed by atoms with Crippen molar-refractivity contribution >= 4 is 17.7 Å². The molecule has 1 heterocycles. The van der Waals surface area contributed by atoms with Crippen molar-refractivity contribution in [3.05, 3.63) is 23.8 Å². The number of carbonyl (C=O) groups is 2. The molecule has 0 aromatic heterocycles. The number of nitrogens with zero attached hydrogens (tertiary/aromatic N) is 1. The van der Waals surface area contributed by atoms with Crippen LogP contribution in [0.5, 0.6) is 5.75 Å². The highest BCUT2D eigenvalue weighted by molar-refractivity contribution is 5.86. The second kappa shape index (κ2) is 10.9. The quantitative estimate of drug-likeness (QED) is 0.592. The van der Waals surface area contributed by atoms with Gasteiger partial charge in [-0.15, -0.1) is 0 Å². The first-order valence-electron chi connectivity index (χ1n) is 11.3. The van der Waals surface area contributed by atoms with Crippen LogP contribution in [-0.4, -0.2) is 61.1 Å². The largest absolute Gasteiger partial charge is 0.487 e. The van der Waals surface area contributed by atoms with Crippen LogP contribution in [0.25, 0.3) is 0 Å². The number of amides is 2. The number of ether oxygens (including phenoxy) is 2. The zero-order valence-electron chi connectivity index (χ0n) is 20.4. The molecule has 32 heavy (non-hydrogen) atoms. The lowest BCUT2D eigenvalue weighted by Crippen LogP contribution is -2.54. The SMILES string of the molecule is CCC(COC(=O)NC(C)(C)C)Oc1ccc2c(c1)N(C)[C@@H](C(C)C)C(=O)N[C@H](CO)C2. The molecule has 0 radical (unpaired) electrons. The van der Waals surface area contributed by atoms with Crippen LogP contribution in [-0.2, 0) is 16.0 Å². The summed E-state index contributed by atoms with van der Waals surface area (Å²) in [5.41, 5.74) is 1.56. The fourth-order valence-corrected chi connectivity index (χ4v) is 3.85. The van der Waals surface area contributed by atoms with E-state index in [1.165, 1.54) is 0 Å². The normalized spacial score (nSPS) is 20.0. The third-order valence-corrected chi connectivity index (χ3v) is 5.42. The molecule has 3 atom stereocenters. The van der Waals surface area contributed by atoms with E-state index in [1.807, 2.05) is 71.7 Å². The minimum Gasteiger partial charge on any atom is -0.487 e. The van der Waals surface area contributed by atoms with Crippen LogP contribution in [0.4, 0.5) is 10.5 Å². The number of anilines is 1. The lowest BCUT2D eigenvalue weighted by molar-refractivity contribution is -0.124. The molecule has 3 N–H and O–H groups in total. The maximum absolute atomic E-state index is 12.8. The van der Waals surface area contributed by atoms with Gasteiger partial charge in [-0.1, -0.05) is 26.8 Å². The average Bonchev–Trinajstić information content (AvgIpc) is 2.68. The van der Waals surface area contributed by atoms with E-state index in [2.05, 4.69) is 10.6 Å². The number of nitrogens with one attached hydrogen (secondary N) is 2. The Hall–Kier alpha value is -2.48. The Bertz CT molecular complexity index is 790. The Morgan fingerprint density at radius 1 is 1.34 bits per heavy atom. The van der Waals surface area contributed by atoms with E-state index in [9.17, 15) is 14.7 Å². The van der Waals surface area contributed by atoms with E-state index < -0.39 is 6.09 Å². The maximum atomic E-state index is 12.8. The number of alkyl carbamates (subject to hydrolysis) is 1. The summed E-state index contributed by atoms with van der Waals surface area (Å²) in [6.45, 7) is 11.7. The van der Waals surface area contributed by atoms with Gasteiger partial charge in [0.25, 0.3) is 0 Å². The molecule has 1 aromatic carbocycles. The average molecular weight is 450 g/mol. The number of hydrogen-bond donors (Lipinski definition) is 3. The molecule has 180 valence electrons. The molecular formula is C24H39N3O5. The second-order valence-corrected chi connectivity index (χ2v) is 9.80. The van der Waals surface area contributed by atoms with Gasteiger partial charge in [-0.2, -0.15) is 0 Å². The Kier molecular flexibility index (Phi) is 8.78. The highest BCUT2D eigenvalue weighted by atomic mass is 16.6. The van der Waals surface area contributed by atoms with Crippen LogP contribution in [0, 0.1) is 5.92 Å². The van der Waals surface area contributed by atoms with Gasteiger partial charge in [-0.3, -0.25) is 4.79 Å². The molecule has 1 aromatic rings. The zero-order valence-corrected chi connectivity index (χ0v) is 20.4. The summed E-state index contributed by atoms with van der Waals surface area (Å²) in [7, 11) is 1.91. The number of aliphatic hydroxyl groups is 1. The Morgan fingerprint density at radius 3 is 2.59 bits per heavy atom. The minimum absolute atomic E-state index is 0.0768. The number of likely N-dealkylation sites (N-methyl/N-ethyl adjacent to an activating group) is 1. The molecule has 1 aliphatic rings. The summed E-state index contributed by atoms with van der Waals surface area (Å²) < 4.78 is 11.5. The topological polar surface area (TPSA) is 100 Å². The maximum Gasteiger partial charge on any atom is 0.407 e. The molecule has 0 bridgehead atoms. The standard InChI is InChI=1S/C24H39N3O5/c1-8-18(14-31-23(30)26-24(4,5)6)32-19-10-9-16-11-17(13-28)25-22(29)21(15(2)3)27(7)20(16)12-19/h9-10,12,15,17-18,21,28H,8,11,13-14H2,1-7H3,(H,25,29)(H,26,30)/t17-,18?,21-/m0/s1. The molecule has 1 aliphatic heterocycles. The fourth-order valence-electron chi connectivity index (χ4n) is 3.85. The molecule has 2 amide bonds. The number of rotatable bonds is 7. The zero-order chi connectivity index (χ0) is 24.1. The number of fused-ring (bicyclic) bond motifs is 1. The smallest absolute Gasteiger partial charge is 0.407 e. The molecule has 0 saturated heterocycles. The fraction of sp³-hybridized carbons (Fsp3) is 0.667. The van der Waals surface area contributed by atoms with Crippen molar-refractivity contribution in [2.24, 2.45) is 5.92 Å². The summed E-state index contributed by atoms with van der Waals surface area (Å²) in [6.07, 6.45) is 0.421. The van der Waals surface area contributed by atoms with Crippen molar-refractivity contribution in [2.75, 3.05) is 25.2 Å². The number of hydrogen-bond acceptors (Lipinski definition) is 6. The molecule has 0 spiro atoms. The molecule has 2 rings (SSSR count). The summed E-state index contributed by atoms with van der Waals surface area (Å²) in [6, 6.07) is 5.08. The molecule has 1 unspecified atom stereocenters. The van der Waals surface area contributed by atoms with Crippen molar-refractivity contribution in [3.8, 4) is 5.75 Å². The number of benzene rings is 1. The monoisotopic (exact) mass is 449 g/mol. The first-order valence-corrected chi connectivity index (χ1v) is 11.3. The van der Waals surface area contributed by atoms with E-state index >= 15 is 0 Å². The van der Waals surface area contributed by atoms with Crippen molar-refractivity contribution in [2.45, 2.75) is 78.1 Å². The Morgan fingerprint density at radius 2 is 2.03 bits per heavy atom. The van der Waals surface area contributed by atoms with Crippen LogP contribution in [0.1, 0.15) is 53.5 Å². The van der Waals surface area contributed by atoms with Gasteiger partial charge >= 0.3 is 6.09 Å². The predicted molar refractivity (Wildman–Crippen MR) is 125 cm³/mol. The van der Waals surface area contributed by atoms with Crippen LogP contribution in [0.3, 0.4) is 0 Å². The van der Waals surface area contributed by atoms with Gasteiger partial charge in [-0.25, -0.2) is 4.79 Å². The number of carbonyl (C=O) groups excluding carboxylic acids is 2. The first kappa shape index (κ1) is 25.8. The predicted octanol–water partition coefficient (Wildman–Crippen LogP) is 2.86. The van der Waals surface area contributed by atoms with Gasteiger partial charge < -0.3 is 30.1 Å². The van der Waals surface area contributed by atoms with Crippen molar-refractivity contribution < 1.29 is 24.2 Å². The van der Waals surface area contributed by atoms with Gasteiger partial charge in [-0.05, 0) is 51.2 Å². The molecule has 8 heteroatoms. The second-order valence-electron chi connectivity index (χ2n) is 9.80. The van der Waals surface area contributed by atoms with Crippen LogP contribution in [0.15, 0.2) is 18.2 Å². The summed E-state index contributed by atoms with van der Waals surface area (Å²) in [5, 5.41) is 15.4. The lowest BCUT2D eigenvalue weighted by atomic mass is 9.95. The van der Waals surface area contributed by atoms with Crippen LogP contribution in [0.2, 0.25) is 0 Å². The van der Waals surface area contributed by atoms with Crippen molar-refractivity contribution in [1.82, 2.24) is 10.6 Å². The van der Waals surface area contributed by atoms with Gasteiger partial charge in [0.15, 0.2) is 0 Å². The van der Waals surface area contributed by atoms with E-state index in [1.54, 1.807) is 0 Å². The van der Waals surface area contributed by atoms with E-state index in [-0.39, 0.29) is 48.8 Å². The Labute approximate surface area is 191 Å². The van der Waals surface area contributed by atoms with Crippen LogP contribution < -0.4 is 20.3 Å². The third kappa shape index (κ3) is 7.02. The molecule has 0 saturated carbocycles. The number of aliphatic hydroxyl groups excluding tert-OH is 1. The highest BCUT2D eigenvalue weighted by Crippen LogP contribution is 2.31. The van der Waals surface area contributed by atoms with Gasteiger partial charge in [0.1, 0.15) is 24.5 Å². The molecular weight excluding hydrogens is 410 g/mol. The van der Waals surface area contributed by atoms with Gasteiger partial charge in [0.05, 0.1) is 12.6 Å². The summed E-state index contributed by atoms with van der Waals surface area (Å²) in [4.78, 5) is 26.8. The van der Waals surface area contributed by atoms with E-state index in [4.69, 9.17) is 9.47 Å². The molecule has 8 nitrogen and oxygen atoms in total.